The molecule has 0 spiro atoms. The number of nitrogens with zero attached hydrogens (tertiary/aromatic N) is 6. The highest BCUT2D eigenvalue weighted by Gasteiger charge is 2.21. The molecule has 2 N–H and O–H groups in total. The Labute approximate surface area is 240 Å². The van der Waals surface area contributed by atoms with E-state index in [9.17, 15) is 9.90 Å². The molecule has 1 saturated heterocycles. The minimum atomic E-state index is -0.356. The Balaban J connectivity index is 1.24. The van der Waals surface area contributed by atoms with Crippen LogP contribution in [0.2, 0.25) is 0 Å². The maximum Gasteiger partial charge on any atom is 0.253 e. The van der Waals surface area contributed by atoms with Gasteiger partial charge in [0, 0.05) is 29.5 Å². The number of nitrogens with one attached hydrogen (secondary N) is 1. The number of benzene rings is 1. The van der Waals surface area contributed by atoms with Crippen LogP contribution in [0.3, 0.4) is 0 Å². The van der Waals surface area contributed by atoms with E-state index in [0.717, 1.165) is 30.0 Å². The summed E-state index contributed by atoms with van der Waals surface area (Å²) in [5, 5.41) is 31.1. The highest BCUT2D eigenvalue weighted by molar-refractivity contribution is 5.97. The number of aryl methyl sites for hydroxylation is 1. The second-order valence-corrected chi connectivity index (χ2v) is 10.2. The maximum absolute atomic E-state index is 12.5. The molecule has 2 atom stereocenters. The van der Waals surface area contributed by atoms with Gasteiger partial charge in [0.2, 0.25) is 11.7 Å². The van der Waals surface area contributed by atoms with Crippen LogP contribution < -0.4 is 10.1 Å². The van der Waals surface area contributed by atoms with Gasteiger partial charge in [-0.3, -0.25) is 9.78 Å². The Hall–Kier alpha value is -4.46. The van der Waals surface area contributed by atoms with Crippen molar-refractivity contribution in [2.75, 3.05) is 13.2 Å². The van der Waals surface area contributed by atoms with Crippen LogP contribution in [0.15, 0.2) is 47.0 Å². The molecular formula is C29H31N7O6. The number of aliphatic hydroxyl groups is 1. The lowest BCUT2D eigenvalue weighted by Crippen LogP contribution is -2.35. The fourth-order valence-corrected chi connectivity index (χ4v) is 4.75. The molecule has 13 nitrogen and oxygen atoms in total. The number of hydrogen-bond donors (Lipinski definition) is 2. The molecule has 6 rings (SSSR count). The summed E-state index contributed by atoms with van der Waals surface area (Å²) in [6.07, 6.45) is 2.74. The maximum atomic E-state index is 12.5. The number of ether oxygens (including phenoxy) is 3. The highest BCUT2D eigenvalue weighted by atomic mass is 16.7. The van der Waals surface area contributed by atoms with Gasteiger partial charge < -0.3 is 29.2 Å². The third kappa shape index (κ3) is 5.79. The first-order chi connectivity index (χ1) is 20.5. The van der Waals surface area contributed by atoms with E-state index in [1.54, 1.807) is 36.6 Å². The summed E-state index contributed by atoms with van der Waals surface area (Å²) in [6, 6.07) is 12.5. The van der Waals surface area contributed by atoms with Gasteiger partial charge in [0.15, 0.2) is 23.4 Å². The van der Waals surface area contributed by atoms with Gasteiger partial charge in [-0.05, 0) is 51.3 Å². The van der Waals surface area contributed by atoms with Crippen molar-refractivity contribution in [3.8, 4) is 17.4 Å². The summed E-state index contributed by atoms with van der Waals surface area (Å²) < 4.78 is 24.7. The van der Waals surface area contributed by atoms with Crippen LogP contribution >= 0.6 is 0 Å². The summed E-state index contributed by atoms with van der Waals surface area (Å²) in [5.74, 6) is 0.999. The zero-order chi connectivity index (χ0) is 29.1. The van der Waals surface area contributed by atoms with Crippen LogP contribution in [0.4, 0.5) is 0 Å². The molecule has 42 heavy (non-hydrogen) atoms. The lowest BCUT2D eigenvalue weighted by Gasteiger charge is -2.21. The monoisotopic (exact) mass is 573 g/mol. The first-order valence-electron chi connectivity index (χ1n) is 13.8. The Morgan fingerprint density at radius 2 is 2.02 bits per heavy atom. The van der Waals surface area contributed by atoms with Gasteiger partial charge >= 0.3 is 0 Å². The fraction of sp³-hybridized carbons (Fsp3) is 0.379. The number of aliphatic hydroxyl groups excluding tert-OH is 1. The number of carbonyl (C=O) groups excluding carboxylic acids is 1. The summed E-state index contributed by atoms with van der Waals surface area (Å²) in [6.45, 7) is 4.37. The number of rotatable bonds is 10. The molecule has 5 heterocycles. The van der Waals surface area contributed by atoms with E-state index in [2.05, 4.69) is 25.7 Å². The van der Waals surface area contributed by atoms with E-state index in [-0.39, 0.29) is 38.1 Å². The third-order valence-electron chi connectivity index (χ3n) is 6.96. The highest BCUT2D eigenvalue weighted by Crippen LogP contribution is 2.29. The summed E-state index contributed by atoms with van der Waals surface area (Å²) in [5.41, 5.74) is 2.61. The lowest BCUT2D eigenvalue weighted by atomic mass is 10.1. The minimum Gasteiger partial charge on any atom is -0.470 e. The standard InChI is InChI=1S/C29H31N7O6/c1-17(14-37)30-28(38)21-11-10-19(31-18(21)2)15-41-29-23-8-4-3-7-22(23)26-32-33-27(36(26)34-29)24-13-20(42-35-24)16-40-25-9-5-6-12-39-25/h3-4,7-8,10-11,13,17,25,37H,5-6,9,12,14-16H2,1-2H3,(H,30,38). The Morgan fingerprint density at radius 3 is 2.81 bits per heavy atom. The Kier molecular flexibility index (Phi) is 8.04. The number of hydrogen-bond acceptors (Lipinski definition) is 11. The van der Waals surface area contributed by atoms with E-state index in [1.165, 1.54) is 0 Å². The summed E-state index contributed by atoms with van der Waals surface area (Å²) >= 11 is 0. The zero-order valence-electron chi connectivity index (χ0n) is 23.3. The van der Waals surface area contributed by atoms with Crippen molar-refractivity contribution in [3.05, 3.63) is 65.2 Å². The molecule has 4 aromatic heterocycles. The quantitative estimate of drug-likeness (QED) is 0.252. The smallest absolute Gasteiger partial charge is 0.253 e. The average Bonchev–Trinajstić information content (AvgIpc) is 3.66. The van der Waals surface area contributed by atoms with E-state index in [0.29, 0.717) is 52.4 Å². The van der Waals surface area contributed by atoms with Crippen molar-refractivity contribution >= 4 is 22.3 Å². The largest absolute Gasteiger partial charge is 0.470 e. The van der Waals surface area contributed by atoms with Gasteiger partial charge in [-0.1, -0.05) is 23.4 Å². The van der Waals surface area contributed by atoms with Gasteiger partial charge in [-0.25, -0.2) is 0 Å². The molecule has 0 saturated carbocycles. The molecule has 2 unspecified atom stereocenters. The number of fused-ring (bicyclic) bond motifs is 3. The van der Waals surface area contributed by atoms with Crippen molar-refractivity contribution < 1.29 is 28.6 Å². The molecule has 0 aliphatic carbocycles. The van der Waals surface area contributed by atoms with Gasteiger partial charge in [-0.2, -0.15) is 4.52 Å². The van der Waals surface area contributed by atoms with E-state index >= 15 is 0 Å². The topological polar surface area (TPSA) is 159 Å². The van der Waals surface area contributed by atoms with Gasteiger partial charge in [0.05, 0.1) is 23.6 Å². The predicted octanol–water partition coefficient (Wildman–Crippen LogP) is 3.37. The fourth-order valence-electron chi connectivity index (χ4n) is 4.75. The van der Waals surface area contributed by atoms with Crippen LogP contribution in [0.1, 0.15) is 53.7 Å². The Bertz CT molecular complexity index is 1710. The zero-order valence-corrected chi connectivity index (χ0v) is 23.3. The molecule has 5 aromatic rings. The molecule has 218 valence electrons. The van der Waals surface area contributed by atoms with Crippen LogP contribution in [-0.2, 0) is 22.7 Å². The third-order valence-corrected chi connectivity index (χ3v) is 6.96. The molecule has 13 heteroatoms. The van der Waals surface area contributed by atoms with E-state index in [1.807, 2.05) is 24.3 Å². The molecular weight excluding hydrogens is 542 g/mol. The van der Waals surface area contributed by atoms with Gasteiger partial charge in [0.1, 0.15) is 13.2 Å². The van der Waals surface area contributed by atoms with Crippen molar-refractivity contribution in [3.63, 3.8) is 0 Å². The minimum absolute atomic E-state index is 0.116. The van der Waals surface area contributed by atoms with E-state index < -0.39 is 0 Å². The van der Waals surface area contributed by atoms with E-state index in [4.69, 9.17) is 23.8 Å². The molecule has 1 amide bonds. The molecule has 1 aliphatic rings. The number of pyridine rings is 1. The molecule has 0 radical (unpaired) electrons. The number of aromatic nitrogens is 6. The van der Waals surface area contributed by atoms with Crippen LogP contribution in [0.5, 0.6) is 5.88 Å². The van der Waals surface area contributed by atoms with Gasteiger partial charge in [-0.15, -0.1) is 15.3 Å². The van der Waals surface area contributed by atoms with Crippen molar-refractivity contribution in [2.24, 2.45) is 0 Å². The van der Waals surface area contributed by atoms with Crippen LogP contribution in [0, 0.1) is 6.92 Å². The molecule has 1 aliphatic heterocycles. The second-order valence-electron chi connectivity index (χ2n) is 10.2. The van der Waals surface area contributed by atoms with Crippen molar-refractivity contribution in [1.82, 2.24) is 35.3 Å². The van der Waals surface area contributed by atoms with Crippen LogP contribution in [-0.4, -0.2) is 66.5 Å². The van der Waals surface area contributed by atoms with Crippen LogP contribution in [0.25, 0.3) is 27.9 Å². The SMILES string of the molecule is Cc1nc(COc2nn3c(-c4cc(COC5CCCCO5)on4)nnc3c3ccccc23)ccc1C(=O)NC(C)CO. The molecule has 0 bridgehead atoms. The average molecular weight is 574 g/mol. The van der Waals surface area contributed by atoms with Crippen molar-refractivity contribution in [2.45, 2.75) is 58.7 Å². The number of carbonyl (C=O) groups is 1. The molecule has 1 fully saturated rings. The lowest BCUT2D eigenvalue weighted by molar-refractivity contribution is -0.171. The summed E-state index contributed by atoms with van der Waals surface area (Å²) in [7, 11) is 0. The first-order valence-corrected chi connectivity index (χ1v) is 13.8. The normalized spacial score (nSPS) is 16.1. The van der Waals surface area contributed by atoms with Gasteiger partial charge in [0.25, 0.3) is 5.91 Å². The Morgan fingerprint density at radius 1 is 1.17 bits per heavy atom. The van der Waals surface area contributed by atoms with Crippen molar-refractivity contribution in [1.29, 1.82) is 0 Å². The first kappa shape index (κ1) is 27.7. The second kappa shape index (κ2) is 12.2. The molecule has 1 aromatic carbocycles. The predicted molar refractivity (Wildman–Crippen MR) is 149 cm³/mol. The summed E-state index contributed by atoms with van der Waals surface area (Å²) in [4.78, 5) is 17.0. The number of amides is 1.